The Morgan fingerprint density at radius 3 is 2.82 bits per heavy atom. The van der Waals surface area contributed by atoms with E-state index in [1.165, 1.54) is 17.2 Å². The standard InChI is InChI=1S/C13H12N2O2/c16-12-5-6-15(13(17)14-12)8-10-7-9-3-1-2-4-11(9)10/h1-6,10H,7-8H2,(H,14,16,17). The Hall–Kier alpha value is -2.10. The fourth-order valence-electron chi connectivity index (χ4n) is 2.35. The van der Waals surface area contributed by atoms with Gasteiger partial charge < -0.3 is 0 Å². The van der Waals surface area contributed by atoms with Crippen LogP contribution in [0.25, 0.3) is 0 Å². The number of fused-ring (bicyclic) bond motifs is 1. The number of rotatable bonds is 2. The molecule has 1 aromatic carbocycles. The van der Waals surface area contributed by atoms with E-state index in [0.717, 1.165) is 6.42 Å². The molecule has 3 rings (SSSR count). The number of nitrogens with zero attached hydrogens (tertiary/aromatic N) is 1. The van der Waals surface area contributed by atoms with E-state index in [2.05, 4.69) is 17.1 Å². The quantitative estimate of drug-likeness (QED) is 0.829. The molecule has 1 atom stereocenters. The highest BCUT2D eigenvalue weighted by Crippen LogP contribution is 2.35. The smallest absolute Gasteiger partial charge is 0.300 e. The summed E-state index contributed by atoms with van der Waals surface area (Å²) < 4.78 is 1.56. The number of aromatic amines is 1. The van der Waals surface area contributed by atoms with Gasteiger partial charge in [-0.25, -0.2) is 4.79 Å². The fourth-order valence-corrected chi connectivity index (χ4v) is 2.35. The van der Waals surface area contributed by atoms with Gasteiger partial charge >= 0.3 is 5.69 Å². The monoisotopic (exact) mass is 228 g/mol. The molecule has 2 aromatic rings. The van der Waals surface area contributed by atoms with E-state index in [1.54, 1.807) is 10.8 Å². The molecule has 1 N–H and O–H groups in total. The molecule has 86 valence electrons. The van der Waals surface area contributed by atoms with Gasteiger partial charge in [-0.05, 0) is 17.5 Å². The van der Waals surface area contributed by atoms with Crippen LogP contribution in [0.2, 0.25) is 0 Å². The van der Waals surface area contributed by atoms with Gasteiger partial charge in [0.1, 0.15) is 0 Å². The number of H-pyrrole nitrogens is 1. The van der Waals surface area contributed by atoms with E-state index < -0.39 is 0 Å². The molecule has 0 radical (unpaired) electrons. The Balaban J connectivity index is 1.87. The maximum Gasteiger partial charge on any atom is 0.328 e. The first kappa shape index (κ1) is 10.1. The Labute approximate surface area is 97.5 Å². The van der Waals surface area contributed by atoms with Gasteiger partial charge in [-0.15, -0.1) is 0 Å². The van der Waals surface area contributed by atoms with Crippen molar-refractivity contribution in [3.8, 4) is 0 Å². The van der Waals surface area contributed by atoms with E-state index >= 15 is 0 Å². The zero-order chi connectivity index (χ0) is 11.8. The third kappa shape index (κ3) is 1.71. The highest BCUT2D eigenvalue weighted by Gasteiger charge is 2.25. The molecule has 1 aromatic heterocycles. The average Bonchev–Trinajstić information content (AvgIpc) is 2.28. The second-order valence-electron chi connectivity index (χ2n) is 4.36. The minimum absolute atomic E-state index is 0.332. The summed E-state index contributed by atoms with van der Waals surface area (Å²) in [4.78, 5) is 24.7. The second kappa shape index (κ2) is 3.73. The van der Waals surface area contributed by atoms with Crippen molar-refractivity contribution >= 4 is 0 Å². The first-order chi connectivity index (χ1) is 8.24. The summed E-state index contributed by atoms with van der Waals surface area (Å²) in [5.74, 6) is 0.384. The number of hydrogen-bond donors (Lipinski definition) is 1. The Morgan fingerprint density at radius 2 is 2.06 bits per heavy atom. The summed E-state index contributed by atoms with van der Waals surface area (Å²) >= 11 is 0. The first-order valence-corrected chi connectivity index (χ1v) is 5.61. The zero-order valence-electron chi connectivity index (χ0n) is 9.22. The lowest BCUT2D eigenvalue weighted by Crippen LogP contribution is -2.32. The first-order valence-electron chi connectivity index (χ1n) is 5.61. The number of benzene rings is 1. The van der Waals surface area contributed by atoms with Crippen LogP contribution in [-0.2, 0) is 13.0 Å². The van der Waals surface area contributed by atoms with Crippen LogP contribution in [0.3, 0.4) is 0 Å². The summed E-state index contributed by atoms with van der Waals surface area (Å²) in [5.41, 5.74) is 1.99. The van der Waals surface area contributed by atoms with Crippen molar-refractivity contribution in [2.24, 2.45) is 0 Å². The third-order valence-corrected chi connectivity index (χ3v) is 3.28. The van der Waals surface area contributed by atoms with Crippen molar-refractivity contribution in [1.29, 1.82) is 0 Å². The van der Waals surface area contributed by atoms with Crippen LogP contribution in [0.1, 0.15) is 17.0 Å². The number of hydrogen-bond acceptors (Lipinski definition) is 2. The normalized spacial score (nSPS) is 17.3. The van der Waals surface area contributed by atoms with Gasteiger partial charge in [-0.3, -0.25) is 14.3 Å². The summed E-state index contributed by atoms with van der Waals surface area (Å²) in [6, 6.07) is 9.63. The molecule has 0 saturated heterocycles. The SMILES string of the molecule is O=c1ccn(CC2Cc3ccccc32)c(=O)[nH]1. The highest BCUT2D eigenvalue weighted by molar-refractivity contribution is 5.39. The number of nitrogens with one attached hydrogen (secondary N) is 1. The fraction of sp³-hybridized carbons (Fsp3) is 0.231. The molecule has 0 bridgehead atoms. The van der Waals surface area contributed by atoms with Crippen LogP contribution in [0.5, 0.6) is 0 Å². The maximum absolute atomic E-state index is 11.5. The van der Waals surface area contributed by atoms with Crippen LogP contribution >= 0.6 is 0 Å². The lowest BCUT2D eigenvalue weighted by atomic mass is 9.77. The van der Waals surface area contributed by atoms with Crippen LogP contribution in [0, 0.1) is 0 Å². The van der Waals surface area contributed by atoms with E-state index in [0.29, 0.717) is 12.5 Å². The lowest BCUT2D eigenvalue weighted by molar-refractivity contribution is 0.491. The van der Waals surface area contributed by atoms with Crippen molar-refractivity contribution in [1.82, 2.24) is 9.55 Å². The predicted molar refractivity (Wildman–Crippen MR) is 64.2 cm³/mol. The molecular formula is C13H12N2O2. The average molecular weight is 228 g/mol. The largest absolute Gasteiger partial charge is 0.328 e. The minimum atomic E-state index is -0.347. The summed E-state index contributed by atoms with van der Waals surface area (Å²) in [5, 5.41) is 0. The molecule has 0 spiro atoms. The summed E-state index contributed by atoms with van der Waals surface area (Å²) in [7, 11) is 0. The van der Waals surface area contributed by atoms with E-state index in [9.17, 15) is 9.59 Å². The molecule has 0 amide bonds. The van der Waals surface area contributed by atoms with Gasteiger partial charge in [0.2, 0.25) is 0 Å². The van der Waals surface area contributed by atoms with Crippen molar-refractivity contribution in [3.05, 3.63) is 68.5 Å². The zero-order valence-corrected chi connectivity index (χ0v) is 9.22. The van der Waals surface area contributed by atoms with Crippen LogP contribution < -0.4 is 11.2 Å². The van der Waals surface area contributed by atoms with Gasteiger partial charge in [0, 0.05) is 24.7 Å². The molecule has 4 nitrogen and oxygen atoms in total. The summed E-state index contributed by atoms with van der Waals surface area (Å²) in [6.45, 7) is 0.632. The van der Waals surface area contributed by atoms with Crippen molar-refractivity contribution in [2.45, 2.75) is 18.9 Å². The Morgan fingerprint density at radius 1 is 1.24 bits per heavy atom. The predicted octanol–water partition coefficient (Wildman–Crippen LogP) is 0.876. The van der Waals surface area contributed by atoms with Gasteiger partial charge in [-0.1, -0.05) is 24.3 Å². The topological polar surface area (TPSA) is 54.9 Å². The van der Waals surface area contributed by atoms with E-state index in [-0.39, 0.29) is 11.2 Å². The van der Waals surface area contributed by atoms with Crippen LogP contribution in [0.4, 0.5) is 0 Å². The molecule has 0 aliphatic heterocycles. The molecular weight excluding hydrogens is 216 g/mol. The molecule has 1 heterocycles. The molecule has 1 aliphatic carbocycles. The van der Waals surface area contributed by atoms with Crippen LogP contribution in [-0.4, -0.2) is 9.55 Å². The molecule has 0 fully saturated rings. The van der Waals surface area contributed by atoms with Crippen molar-refractivity contribution in [2.75, 3.05) is 0 Å². The Bertz CT molecular complexity index is 669. The highest BCUT2D eigenvalue weighted by atomic mass is 16.2. The molecule has 17 heavy (non-hydrogen) atoms. The van der Waals surface area contributed by atoms with E-state index in [1.807, 2.05) is 12.1 Å². The van der Waals surface area contributed by atoms with Crippen molar-refractivity contribution in [3.63, 3.8) is 0 Å². The second-order valence-corrected chi connectivity index (χ2v) is 4.36. The lowest BCUT2D eigenvalue weighted by Gasteiger charge is -2.30. The molecule has 1 aliphatic rings. The molecule has 4 heteroatoms. The van der Waals surface area contributed by atoms with Gasteiger partial charge in [-0.2, -0.15) is 0 Å². The number of aromatic nitrogens is 2. The maximum atomic E-state index is 11.5. The summed E-state index contributed by atoms with van der Waals surface area (Å²) in [6.07, 6.45) is 2.56. The van der Waals surface area contributed by atoms with Gasteiger partial charge in [0.25, 0.3) is 5.56 Å². The van der Waals surface area contributed by atoms with Gasteiger partial charge in [0.15, 0.2) is 0 Å². The molecule has 1 unspecified atom stereocenters. The van der Waals surface area contributed by atoms with Crippen LogP contribution in [0.15, 0.2) is 46.1 Å². The van der Waals surface area contributed by atoms with Gasteiger partial charge in [0.05, 0.1) is 0 Å². The Kier molecular flexibility index (Phi) is 2.21. The minimum Gasteiger partial charge on any atom is -0.300 e. The molecule has 0 saturated carbocycles. The van der Waals surface area contributed by atoms with Crippen molar-refractivity contribution < 1.29 is 0 Å². The van der Waals surface area contributed by atoms with E-state index in [4.69, 9.17) is 0 Å². The third-order valence-electron chi connectivity index (χ3n) is 3.28.